The predicted molar refractivity (Wildman–Crippen MR) is 121 cm³/mol. The first-order valence-electron chi connectivity index (χ1n) is 10.8. The average molecular weight is 420 g/mol. The number of carbonyl (C=O) groups excluding carboxylic acids is 2. The molecule has 6 nitrogen and oxygen atoms in total. The van der Waals surface area contributed by atoms with E-state index in [1.54, 1.807) is 11.0 Å². The summed E-state index contributed by atoms with van der Waals surface area (Å²) < 4.78 is 4.77. The van der Waals surface area contributed by atoms with Crippen molar-refractivity contribution in [3.63, 3.8) is 0 Å². The molecule has 0 saturated heterocycles. The molecule has 3 rings (SSSR count). The molecule has 0 aliphatic rings. The van der Waals surface area contributed by atoms with Gasteiger partial charge in [0.25, 0.3) is 0 Å². The maximum atomic E-state index is 13.8. The molecule has 0 saturated carbocycles. The van der Waals surface area contributed by atoms with E-state index in [1.165, 1.54) is 6.26 Å². The smallest absolute Gasteiger partial charge is 0.245 e. The molecule has 1 aromatic heterocycles. The number of amides is 2. The SMILES string of the molecule is CCCCCCN(CC(=O)Nc1ccon1)C(=O)C(c1ccccc1)c1ccccc1. The van der Waals surface area contributed by atoms with E-state index in [0.29, 0.717) is 12.4 Å². The maximum absolute atomic E-state index is 13.8. The van der Waals surface area contributed by atoms with Crippen molar-refractivity contribution in [2.45, 2.75) is 38.5 Å². The topological polar surface area (TPSA) is 75.4 Å². The first kappa shape index (κ1) is 22.3. The third-order valence-corrected chi connectivity index (χ3v) is 5.15. The molecule has 162 valence electrons. The van der Waals surface area contributed by atoms with Crippen LogP contribution in [-0.2, 0) is 9.59 Å². The second kappa shape index (κ2) is 11.7. The zero-order chi connectivity index (χ0) is 21.9. The summed E-state index contributed by atoms with van der Waals surface area (Å²) in [7, 11) is 0. The van der Waals surface area contributed by atoms with Crippen LogP contribution in [0.3, 0.4) is 0 Å². The molecule has 0 aliphatic carbocycles. The standard InChI is InChI=1S/C25H29N3O3/c1-2-3-4-11-17-28(19-23(29)26-22-16-18-31-27-22)25(30)24(20-12-7-5-8-13-20)21-14-9-6-10-15-21/h5-10,12-16,18,24H,2-4,11,17,19H2,1H3,(H,26,27,29). The molecule has 3 aromatic rings. The lowest BCUT2D eigenvalue weighted by Crippen LogP contribution is -2.41. The van der Waals surface area contributed by atoms with Crippen LogP contribution >= 0.6 is 0 Å². The third-order valence-electron chi connectivity index (χ3n) is 5.15. The Morgan fingerprint density at radius 1 is 0.935 bits per heavy atom. The predicted octanol–water partition coefficient (Wildman–Crippen LogP) is 4.85. The van der Waals surface area contributed by atoms with Crippen molar-refractivity contribution >= 4 is 17.6 Å². The molecular formula is C25H29N3O3. The summed E-state index contributed by atoms with van der Waals surface area (Å²) in [6, 6.07) is 21.0. The maximum Gasteiger partial charge on any atom is 0.245 e. The van der Waals surface area contributed by atoms with Crippen molar-refractivity contribution in [1.82, 2.24) is 10.1 Å². The van der Waals surface area contributed by atoms with Gasteiger partial charge in [0.2, 0.25) is 11.8 Å². The van der Waals surface area contributed by atoms with Crippen LogP contribution in [0.1, 0.15) is 49.7 Å². The number of hydrogen-bond acceptors (Lipinski definition) is 4. The van der Waals surface area contributed by atoms with Gasteiger partial charge in [0.15, 0.2) is 5.82 Å². The van der Waals surface area contributed by atoms with Crippen LogP contribution in [0.2, 0.25) is 0 Å². The number of nitrogens with one attached hydrogen (secondary N) is 1. The molecule has 0 bridgehead atoms. The highest BCUT2D eigenvalue weighted by Gasteiger charge is 2.28. The molecule has 2 amide bonds. The van der Waals surface area contributed by atoms with Gasteiger partial charge in [-0.2, -0.15) is 0 Å². The lowest BCUT2D eigenvalue weighted by atomic mass is 9.90. The molecule has 0 fully saturated rings. The van der Waals surface area contributed by atoms with Crippen molar-refractivity contribution < 1.29 is 14.1 Å². The fraction of sp³-hybridized carbons (Fsp3) is 0.320. The molecule has 0 radical (unpaired) electrons. The number of aromatic nitrogens is 1. The Morgan fingerprint density at radius 3 is 2.13 bits per heavy atom. The number of benzene rings is 2. The van der Waals surface area contributed by atoms with Gasteiger partial charge in [0.05, 0.1) is 12.5 Å². The van der Waals surface area contributed by atoms with E-state index in [2.05, 4.69) is 17.4 Å². The summed E-state index contributed by atoms with van der Waals surface area (Å²) in [5.74, 6) is -0.499. The molecule has 6 heteroatoms. The van der Waals surface area contributed by atoms with Gasteiger partial charge in [0.1, 0.15) is 6.26 Å². The van der Waals surface area contributed by atoms with Crippen LogP contribution in [0.15, 0.2) is 77.5 Å². The molecule has 0 atom stereocenters. The fourth-order valence-corrected chi connectivity index (χ4v) is 3.58. The minimum atomic E-state index is -0.464. The largest absolute Gasteiger partial charge is 0.363 e. The second-order valence-corrected chi connectivity index (χ2v) is 7.51. The normalized spacial score (nSPS) is 10.8. The lowest BCUT2D eigenvalue weighted by Gasteiger charge is -2.27. The van der Waals surface area contributed by atoms with Crippen LogP contribution in [-0.4, -0.2) is 35.0 Å². The van der Waals surface area contributed by atoms with Crippen molar-refractivity contribution in [3.05, 3.63) is 84.1 Å². The van der Waals surface area contributed by atoms with Crippen LogP contribution in [0, 0.1) is 0 Å². The number of hydrogen-bond donors (Lipinski definition) is 1. The van der Waals surface area contributed by atoms with Crippen molar-refractivity contribution in [2.75, 3.05) is 18.4 Å². The van der Waals surface area contributed by atoms with Gasteiger partial charge in [-0.1, -0.05) is 92.0 Å². The van der Waals surface area contributed by atoms with E-state index in [4.69, 9.17) is 4.52 Å². The van der Waals surface area contributed by atoms with E-state index in [-0.39, 0.29) is 18.4 Å². The Balaban J connectivity index is 1.83. The summed E-state index contributed by atoms with van der Waals surface area (Å²) in [6.45, 7) is 2.64. The van der Waals surface area contributed by atoms with E-state index in [9.17, 15) is 9.59 Å². The highest BCUT2D eigenvalue weighted by Crippen LogP contribution is 2.27. The van der Waals surface area contributed by atoms with Crippen molar-refractivity contribution in [3.8, 4) is 0 Å². The van der Waals surface area contributed by atoms with Crippen LogP contribution in [0.25, 0.3) is 0 Å². The number of unbranched alkanes of at least 4 members (excludes halogenated alkanes) is 3. The third kappa shape index (κ3) is 6.54. The molecule has 0 aliphatic heterocycles. The molecule has 0 spiro atoms. The number of anilines is 1. The Bertz CT molecular complexity index is 888. The summed E-state index contributed by atoms with van der Waals surface area (Å²) >= 11 is 0. The summed E-state index contributed by atoms with van der Waals surface area (Å²) in [5, 5.41) is 6.40. The Hall–Kier alpha value is -3.41. The van der Waals surface area contributed by atoms with Gasteiger partial charge in [-0.25, -0.2) is 0 Å². The van der Waals surface area contributed by atoms with Gasteiger partial charge in [-0.3, -0.25) is 9.59 Å². The first-order chi connectivity index (χ1) is 15.2. The zero-order valence-corrected chi connectivity index (χ0v) is 17.9. The lowest BCUT2D eigenvalue weighted by molar-refractivity contribution is -0.135. The van der Waals surface area contributed by atoms with E-state index < -0.39 is 5.92 Å². The van der Waals surface area contributed by atoms with E-state index >= 15 is 0 Å². The monoisotopic (exact) mass is 419 g/mol. The quantitative estimate of drug-likeness (QED) is 0.451. The summed E-state index contributed by atoms with van der Waals surface area (Å²) in [6.07, 6.45) is 5.48. The molecule has 2 aromatic carbocycles. The van der Waals surface area contributed by atoms with E-state index in [1.807, 2.05) is 60.7 Å². The molecular weight excluding hydrogens is 390 g/mol. The van der Waals surface area contributed by atoms with Gasteiger partial charge in [0, 0.05) is 12.6 Å². The fourth-order valence-electron chi connectivity index (χ4n) is 3.58. The average Bonchev–Trinajstić information content (AvgIpc) is 3.30. The number of carbonyl (C=O) groups is 2. The highest BCUT2D eigenvalue weighted by atomic mass is 16.5. The number of rotatable bonds is 11. The van der Waals surface area contributed by atoms with Gasteiger partial charge < -0.3 is 14.7 Å². The summed E-state index contributed by atoms with van der Waals surface area (Å²) in [4.78, 5) is 28.0. The first-order valence-corrected chi connectivity index (χ1v) is 10.8. The Morgan fingerprint density at radius 2 is 1.58 bits per heavy atom. The van der Waals surface area contributed by atoms with Crippen molar-refractivity contribution in [2.24, 2.45) is 0 Å². The number of nitrogens with zero attached hydrogens (tertiary/aromatic N) is 2. The van der Waals surface area contributed by atoms with Crippen LogP contribution in [0.5, 0.6) is 0 Å². The zero-order valence-electron chi connectivity index (χ0n) is 17.9. The second-order valence-electron chi connectivity index (χ2n) is 7.51. The Kier molecular flexibility index (Phi) is 8.40. The minimum Gasteiger partial charge on any atom is -0.363 e. The van der Waals surface area contributed by atoms with Gasteiger partial charge in [-0.05, 0) is 17.5 Å². The van der Waals surface area contributed by atoms with Gasteiger partial charge in [-0.15, -0.1) is 0 Å². The van der Waals surface area contributed by atoms with Crippen molar-refractivity contribution in [1.29, 1.82) is 0 Å². The molecule has 31 heavy (non-hydrogen) atoms. The van der Waals surface area contributed by atoms with Crippen LogP contribution < -0.4 is 5.32 Å². The molecule has 1 N–H and O–H groups in total. The minimum absolute atomic E-state index is 0.0337. The highest BCUT2D eigenvalue weighted by molar-refractivity contribution is 5.95. The molecule has 0 unspecified atom stereocenters. The van der Waals surface area contributed by atoms with E-state index in [0.717, 1.165) is 36.8 Å². The Labute approximate surface area is 183 Å². The van der Waals surface area contributed by atoms with Gasteiger partial charge >= 0.3 is 0 Å². The van der Waals surface area contributed by atoms with Crippen LogP contribution in [0.4, 0.5) is 5.82 Å². The summed E-state index contributed by atoms with van der Waals surface area (Å²) in [5.41, 5.74) is 1.82. The molecule has 1 heterocycles.